The molecule has 254 valence electrons. The summed E-state index contributed by atoms with van der Waals surface area (Å²) in [6.45, 7) is 7.59. The topological polar surface area (TPSA) is 210 Å². The molecule has 6 aromatic rings. The van der Waals surface area contributed by atoms with Gasteiger partial charge in [-0.05, 0) is 97.5 Å². The number of hydrogen-bond acceptors (Lipinski definition) is 10. The Kier molecular flexibility index (Phi) is 8.74. The summed E-state index contributed by atoms with van der Waals surface area (Å²) in [4.78, 5) is -0.875. The molecule has 0 amide bonds. The monoisotopic (exact) mass is 708 g/mol. The number of rotatable bonds is 7. The van der Waals surface area contributed by atoms with E-state index in [1.807, 2.05) is 52.0 Å². The highest BCUT2D eigenvalue weighted by atomic mass is 32.2. The summed E-state index contributed by atoms with van der Waals surface area (Å²) in [5.41, 5.74) is 18.8. The fourth-order valence-corrected chi connectivity index (χ4v) is 7.36. The van der Waals surface area contributed by atoms with E-state index in [-0.39, 0.29) is 22.7 Å². The molecule has 12 nitrogen and oxygen atoms in total. The molecule has 0 unspecified atom stereocenters. The van der Waals surface area contributed by atoms with E-state index in [1.54, 1.807) is 48.5 Å². The van der Waals surface area contributed by atoms with Gasteiger partial charge in [-0.1, -0.05) is 48.5 Å². The minimum absolute atomic E-state index is 0.0677. The van der Waals surface area contributed by atoms with Crippen molar-refractivity contribution in [2.75, 3.05) is 11.5 Å². The lowest BCUT2D eigenvalue weighted by molar-refractivity contribution is 0.481. The Labute approximate surface area is 288 Å². The summed E-state index contributed by atoms with van der Waals surface area (Å²) in [6.07, 6.45) is 0. The number of nitrogen functional groups attached to an aromatic ring is 2. The van der Waals surface area contributed by atoms with Crippen LogP contribution in [0.2, 0.25) is 0 Å². The normalized spacial score (nSPS) is 12.5. The highest BCUT2D eigenvalue weighted by molar-refractivity contribution is 7.86. The predicted molar refractivity (Wildman–Crippen MR) is 196 cm³/mol. The lowest BCUT2D eigenvalue weighted by atomic mass is 9.95. The van der Waals surface area contributed by atoms with Crippen molar-refractivity contribution in [3.05, 3.63) is 107 Å². The molecular formula is C36H32N6O6S2. The molecule has 0 atom stereocenters. The van der Waals surface area contributed by atoms with Gasteiger partial charge in [0.25, 0.3) is 20.2 Å². The standard InChI is InChI=1S/C36H32N6O6S2/c1-19-13-23(14-20(2)35(19)41-39-29-17-31(49(43,44)45)33(37)27-11-7-5-9-25(27)29)24-15-21(3)36(22(4)16-24)42-40-30-18-32(50(46,47)48)34(38)28-12-8-6-10-26(28)30/h5-18H,37-38H2,1-4H3,(H,43,44,45)(H,46,47,48)/b41-39+,42-40+. The molecule has 0 aliphatic rings. The molecule has 0 aromatic heterocycles. The zero-order valence-corrected chi connectivity index (χ0v) is 29.0. The SMILES string of the molecule is Cc1cc(-c2cc(C)c(/N=N/c3cc(S(=O)(=O)O)c(N)c4ccccc34)c(C)c2)cc(C)c1/N=N/c1cc(S(=O)(=O)O)c(N)c2ccccc12. The van der Waals surface area contributed by atoms with E-state index >= 15 is 0 Å². The zero-order valence-electron chi connectivity index (χ0n) is 27.4. The average molecular weight is 709 g/mol. The predicted octanol–water partition coefficient (Wildman–Crippen LogP) is 9.38. The molecule has 50 heavy (non-hydrogen) atoms. The number of benzene rings is 6. The van der Waals surface area contributed by atoms with Gasteiger partial charge in [0.1, 0.15) is 9.79 Å². The van der Waals surface area contributed by atoms with Gasteiger partial charge in [-0.15, -0.1) is 20.5 Å². The minimum Gasteiger partial charge on any atom is -0.397 e. The van der Waals surface area contributed by atoms with E-state index in [0.29, 0.717) is 32.9 Å². The Morgan fingerprint density at radius 2 is 0.780 bits per heavy atom. The van der Waals surface area contributed by atoms with Gasteiger partial charge < -0.3 is 11.5 Å². The largest absolute Gasteiger partial charge is 0.397 e. The molecule has 6 N–H and O–H groups in total. The van der Waals surface area contributed by atoms with Crippen molar-refractivity contribution in [1.82, 2.24) is 0 Å². The molecule has 0 saturated heterocycles. The summed E-state index contributed by atoms with van der Waals surface area (Å²) < 4.78 is 67.7. The lowest BCUT2D eigenvalue weighted by Gasteiger charge is -2.13. The molecule has 6 rings (SSSR count). The van der Waals surface area contributed by atoms with Gasteiger partial charge in [-0.25, -0.2) is 0 Å². The lowest BCUT2D eigenvalue weighted by Crippen LogP contribution is -2.03. The number of aryl methyl sites for hydroxylation is 4. The van der Waals surface area contributed by atoms with Crippen LogP contribution < -0.4 is 11.5 Å². The summed E-state index contributed by atoms with van der Waals surface area (Å²) in [5, 5.41) is 19.8. The maximum absolute atomic E-state index is 12.0. The molecule has 0 heterocycles. The highest BCUT2D eigenvalue weighted by Gasteiger charge is 2.21. The third-order valence-corrected chi connectivity index (χ3v) is 10.2. The van der Waals surface area contributed by atoms with Crippen LogP contribution in [0.4, 0.5) is 34.1 Å². The molecule has 0 aliphatic heterocycles. The maximum Gasteiger partial charge on any atom is 0.296 e. The summed E-state index contributed by atoms with van der Waals surface area (Å²) in [7, 11) is -9.21. The maximum atomic E-state index is 12.0. The van der Waals surface area contributed by atoms with Crippen LogP contribution in [-0.2, 0) is 20.2 Å². The van der Waals surface area contributed by atoms with Gasteiger partial charge in [0.2, 0.25) is 0 Å². The van der Waals surface area contributed by atoms with E-state index in [2.05, 4.69) is 20.5 Å². The number of azo groups is 2. The van der Waals surface area contributed by atoms with E-state index < -0.39 is 30.0 Å². The number of nitrogens with two attached hydrogens (primary N) is 2. The van der Waals surface area contributed by atoms with Gasteiger partial charge in [-0.3, -0.25) is 9.11 Å². The van der Waals surface area contributed by atoms with Crippen LogP contribution in [0.25, 0.3) is 32.7 Å². The molecule has 0 radical (unpaired) electrons. The van der Waals surface area contributed by atoms with Crippen LogP contribution in [0.1, 0.15) is 22.3 Å². The van der Waals surface area contributed by atoms with E-state index in [9.17, 15) is 25.9 Å². The van der Waals surface area contributed by atoms with Crippen LogP contribution in [-0.4, -0.2) is 25.9 Å². The second-order valence-corrected chi connectivity index (χ2v) is 14.8. The van der Waals surface area contributed by atoms with Gasteiger partial charge in [0.05, 0.1) is 34.1 Å². The quantitative estimate of drug-likeness (QED) is 0.0711. The van der Waals surface area contributed by atoms with Crippen molar-refractivity contribution < 1.29 is 25.9 Å². The Balaban J connectivity index is 1.35. The van der Waals surface area contributed by atoms with Crippen molar-refractivity contribution in [1.29, 1.82) is 0 Å². The van der Waals surface area contributed by atoms with Crippen molar-refractivity contribution >= 4 is 75.9 Å². The summed E-state index contributed by atoms with van der Waals surface area (Å²) in [5.74, 6) is 0. The molecule has 0 aliphatic carbocycles. The second-order valence-electron chi connectivity index (χ2n) is 12.0. The first-order chi connectivity index (χ1) is 23.5. The average Bonchev–Trinajstić information content (AvgIpc) is 3.04. The number of nitrogens with zero attached hydrogens (tertiary/aromatic N) is 4. The van der Waals surface area contributed by atoms with Gasteiger partial charge in [0.15, 0.2) is 0 Å². The van der Waals surface area contributed by atoms with Crippen molar-refractivity contribution in [2.24, 2.45) is 20.5 Å². The Bertz CT molecular complexity index is 2440. The van der Waals surface area contributed by atoms with Gasteiger partial charge >= 0.3 is 0 Å². The van der Waals surface area contributed by atoms with Gasteiger partial charge in [-0.2, -0.15) is 16.8 Å². The molecule has 0 bridgehead atoms. The molecule has 0 fully saturated rings. The Hall–Kier alpha value is -5.54. The first kappa shape index (κ1) is 34.3. The van der Waals surface area contributed by atoms with Crippen LogP contribution in [0.15, 0.2) is 115 Å². The fraction of sp³-hybridized carbons (Fsp3) is 0.111. The first-order valence-corrected chi connectivity index (χ1v) is 18.1. The summed E-state index contributed by atoms with van der Waals surface area (Å²) >= 11 is 0. The smallest absolute Gasteiger partial charge is 0.296 e. The van der Waals surface area contributed by atoms with Gasteiger partial charge in [0, 0.05) is 21.5 Å². The molecule has 6 aromatic carbocycles. The van der Waals surface area contributed by atoms with E-state index in [4.69, 9.17) is 11.5 Å². The summed E-state index contributed by atoms with van der Waals surface area (Å²) in [6, 6.07) is 24.1. The molecular weight excluding hydrogens is 677 g/mol. The number of anilines is 2. The molecule has 14 heteroatoms. The molecule has 0 spiro atoms. The Morgan fingerprint density at radius 3 is 1.08 bits per heavy atom. The van der Waals surface area contributed by atoms with Crippen molar-refractivity contribution in [2.45, 2.75) is 37.5 Å². The van der Waals surface area contributed by atoms with Crippen LogP contribution in [0.5, 0.6) is 0 Å². The highest BCUT2D eigenvalue weighted by Crippen LogP contribution is 2.40. The van der Waals surface area contributed by atoms with Crippen LogP contribution in [0.3, 0.4) is 0 Å². The van der Waals surface area contributed by atoms with Crippen molar-refractivity contribution in [3.8, 4) is 11.1 Å². The molecule has 0 saturated carbocycles. The van der Waals surface area contributed by atoms with E-state index in [1.165, 1.54) is 12.1 Å². The van der Waals surface area contributed by atoms with Crippen LogP contribution in [0, 0.1) is 27.7 Å². The Morgan fingerprint density at radius 1 is 0.480 bits per heavy atom. The fourth-order valence-electron chi connectivity index (χ4n) is 6.07. The minimum atomic E-state index is -4.60. The third kappa shape index (κ3) is 6.44. The van der Waals surface area contributed by atoms with Crippen molar-refractivity contribution in [3.63, 3.8) is 0 Å². The number of hydrogen-bond donors (Lipinski definition) is 4. The van der Waals surface area contributed by atoms with E-state index in [0.717, 1.165) is 33.4 Å². The third-order valence-electron chi connectivity index (χ3n) is 8.44. The zero-order chi connectivity index (χ0) is 36.1. The number of fused-ring (bicyclic) bond motifs is 2. The second kappa shape index (κ2) is 12.7. The first-order valence-electron chi connectivity index (χ1n) is 15.2. The van der Waals surface area contributed by atoms with Crippen LogP contribution >= 0.6 is 0 Å².